The smallest absolute Gasteiger partial charge is 0.390 e. The summed E-state index contributed by atoms with van der Waals surface area (Å²) in [7, 11) is 1.32. The van der Waals surface area contributed by atoms with Crippen molar-refractivity contribution < 1.29 is 22.3 Å². The first-order valence-electron chi connectivity index (χ1n) is 6.75. The highest BCUT2D eigenvalue weighted by atomic mass is 35.5. The average Bonchev–Trinajstić information content (AvgIpc) is 2.45. The van der Waals surface area contributed by atoms with Crippen LogP contribution in [-0.4, -0.2) is 44.4 Å². The summed E-state index contributed by atoms with van der Waals surface area (Å²) < 4.78 is 57.1. The summed E-state index contributed by atoms with van der Waals surface area (Å²) in [6.45, 7) is 2.28. The molecule has 1 N–H and O–H groups in total. The van der Waals surface area contributed by atoms with Gasteiger partial charge in [0.1, 0.15) is 0 Å². The highest BCUT2D eigenvalue weighted by Crippen LogP contribution is 2.35. The Morgan fingerprint density at radius 1 is 1.27 bits per heavy atom. The molecule has 22 heavy (non-hydrogen) atoms. The van der Waals surface area contributed by atoms with Gasteiger partial charge in [-0.25, -0.2) is 4.39 Å². The van der Waals surface area contributed by atoms with Gasteiger partial charge in [-0.3, -0.25) is 4.90 Å². The third-order valence-electron chi connectivity index (χ3n) is 3.58. The molecule has 1 aromatic rings. The van der Waals surface area contributed by atoms with Crippen molar-refractivity contribution in [2.45, 2.75) is 18.6 Å². The van der Waals surface area contributed by atoms with Gasteiger partial charge in [-0.05, 0) is 17.7 Å². The van der Waals surface area contributed by atoms with Gasteiger partial charge in [0.2, 0.25) is 0 Å². The van der Waals surface area contributed by atoms with Crippen molar-refractivity contribution in [3.8, 4) is 5.75 Å². The van der Waals surface area contributed by atoms with E-state index in [1.165, 1.54) is 19.2 Å². The predicted octanol–water partition coefficient (Wildman–Crippen LogP) is 3.15. The lowest BCUT2D eigenvalue weighted by molar-refractivity contribution is -0.148. The summed E-state index contributed by atoms with van der Waals surface area (Å²) in [5, 5.41) is 3.10. The van der Waals surface area contributed by atoms with Crippen LogP contribution in [0, 0.1) is 5.82 Å². The normalized spacial score (nSPS) is 17.7. The molecule has 8 heteroatoms. The Labute approximate surface area is 133 Å². The fourth-order valence-corrected chi connectivity index (χ4v) is 2.56. The molecule has 1 aliphatic rings. The number of nitrogens with zero attached hydrogens (tertiary/aromatic N) is 1. The van der Waals surface area contributed by atoms with Crippen molar-refractivity contribution >= 4 is 12.4 Å². The number of nitrogens with one attached hydrogen (secondary N) is 1. The first kappa shape index (κ1) is 19.0. The van der Waals surface area contributed by atoms with E-state index in [2.05, 4.69) is 5.32 Å². The molecule has 1 aliphatic heterocycles. The molecule has 0 saturated carbocycles. The predicted molar refractivity (Wildman–Crippen MR) is 78.1 cm³/mol. The number of ether oxygens (including phenoxy) is 1. The fraction of sp³-hybridized carbons (Fsp3) is 0.571. The molecule has 0 aromatic heterocycles. The highest BCUT2D eigenvalue weighted by molar-refractivity contribution is 5.85. The zero-order chi connectivity index (χ0) is 15.5. The average molecular weight is 343 g/mol. The van der Waals surface area contributed by atoms with Crippen molar-refractivity contribution in [1.29, 1.82) is 0 Å². The molecule has 126 valence electrons. The van der Waals surface area contributed by atoms with Crippen LogP contribution in [0.4, 0.5) is 17.6 Å². The van der Waals surface area contributed by atoms with E-state index in [0.717, 1.165) is 6.07 Å². The van der Waals surface area contributed by atoms with Crippen LogP contribution in [0.1, 0.15) is 18.0 Å². The zero-order valence-electron chi connectivity index (χ0n) is 12.1. The van der Waals surface area contributed by atoms with E-state index in [1.54, 1.807) is 4.90 Å². The molecule has 0 unspecified atom stereocenters. The van der Waals surface area contributed by atoms with Gasteiger partial charge in [0.05, 0.1) is 13.5 Å². The van der Waals surface area contributed by atoms with E-state index in [1.807, 2.05) is 0 Å². The first-order chi connectivity index (χ1) is 9.90. The minimum absolute atomic E-state index is 0. The lowest BCUT2D eigenvalue weighted by atomic mass is 10.0. The van der Waals surface area contributed by atoms with Gasteiger partial charge in [-0.15, -0.1) is 12.4 Å². The van der Waals surface area contributed by atoms with Crippen LogP contribution in [-0.2, 0) is 0 Å². The lowest BCUT2D eigenvalue weighted by Gasteiger charge is -2.35. The van der Waals surface area contributed by atoms with Crippen LogP contribution in [0.15, 0.2) is 18.2 Å². The van der Waals surface area contributed by atoms with Gasteiger partial charge < -0.3 is 10.1 Å². The molecule has 0 spiro atoms. The van der Waals surface area contributed by atoms with Gasteiger partial charge >= 0.3 is 6.18 Å². The Bertz CT molecular complexity index is 478. The number of methoxy groups -OCH3 is 1. The number of hydrogen-bond acceptors (Lipinski definition) is 3. The van der Waals surface area contributed by atoms with Crippen molar-refractivity contribution in [2.75, 3.05) is 33.3 Å². The molecule has 0 aliphatic carbocycles. The molecule has 1 heterocycles. The maximum atomic E-state index is 13.8. The molecular formula is C14H19ClF4N2O. The Balaban J connectivity index is 0.00000242. The maximum absolute atomic E-state index is 13.8. The summed E-state index contributed by atoms with van der Waals surface area (Å²) in [5.41, 5.74) is 0.326. The Kier molecular flexibility index (Phi) is 6.90. The summed E-state index contributed by atoms with van der Waals surface area (Å²) in [4.78, 5) is 1.74. The van der Waals surface area contributed by atoms with Gasteiger partial charge in [0.15, 0.2) is 11.6 Å². The van der Waals surface area contributed by atoms with Crippen molar-refractivity contribution in [1.82, 2.24) is 10.2 Å². The second-order valence-corrected chi connectivity index (χ2v) is 5.02. The molecule has 1 saturated heterocycles. The minimum atomic E-state index is -4.30. The number of rotatable bonds is 4. The third kappa shape index (κ3) is 5.00. The molecule has 3 nitrogen and oxygen atoms in total. The largest absolute Gasteiger partial charge is 0.494 e. The summed E-state index contributed by atoms with van der Waals surface area (Å²) in [6, 6.07) is 3.14. The van der Waals surface area contributed by atoms with Crippen LogP contribution in [0.5, 0.6) is 5.75 Å². The molecule has 0 radical (unpaired) electrons. The van der Waals surface area contributed by atoms with Crippen LogP contribution < -0.4 is 10.1 Å². The number of halogens is 5. The maximum Gasteiger partial charge on any atom is 0.390 e. The van der Waals surface area contributed by atoms with Gasteiger partial charge in [-0.1, -0.05) is 6.07 Å². The first-order valence-corrected chi connectivity index (χ1v) is 6.75. The van der Waals surface area contributed by atoms with E-state index in [4.69, 9.17) is 4.74 Å². The molecule has 0 amide bonds. The number of piperazine rings is 1. The minimum Gasteiger partial charge on any atom is -0.494 e. The Morgan fingerprint density at radius 2 is 1.91 bits per heavy atom. The molecule has 2 rings (SSSR count). The van der Waals surface area contributed by atoms with Crippen LogP contribution in [0.2, 0.25) is 0 Å². The van der Waals surface area contributed by atoms with Crippen LogP contribution in [0.25, 0.3) is 0 Å². The van der Waals surface area contributed by atoms with Crippen molar-refractivity contribution in [3.05, 3.63) is 29.6 Å². The van der Waals surface area contributed by atoms with E-state index in [-0.39, 0.29) is 18.2 Å². The molecule has 0 bridgehead atoms. The molecular weight excluding hydrogens is 324 g/mol. The number of hydrogen-bond donors (Lipinski definition) is 1. The SMILES string of the molecule is COc1ccc([C@@H](CC(F)(F)F)N2CCNCC2)cc1F.Cl. The summed E-state index contributed by atoms with van der Waals surface area (Å²) in [6.07, 6.45) is -5.29. The monoisotopic (exact) mass is 342 g/mol. The summed E-state index contributed by atoms with van der Waals surface area (Å²) >= 11 is 0. The summed E-state index contributed by atoms with van der Waals surface area (Å²) in [5.74, 6) is -0.609. The quantitative estimate of drug-likeness (QED) is 0.851. The van der Waals surface area contributed by atoms with Crippen LogP contribution >= 0.6 is 12.4 Å². The van der Waals surface area contributed by atoms with Crippen molar-refractivity contribution in [3.63, 3.8) is 0 Å². The highest BCUT2D eigenvalue weighted by Gasteiger charge is 2.36. The fourth-order valence-electron chi connectivity index (χ4n) is 2.56. The standard InChI is InChI=1S/C14H18F4N2O.ClH/c1-21-13-3-2-10(8-11(13)15)12(9-14(16,17)18)20-6-4-19-5-7-20;/h2-3,8,12,19H,4-7,9H2,1H3;1H/t12-;/m1./s1. The van der Waals surface area contributed by atoms with Gasteiger partial charge in [-0.2, -0.15) is 13.2 Å². The number of alkyl halides is 3. The van der Waals surface area contributed by atoms with Crippen LogP contribution in [0.3, 0.4) is 0 Å². The Morgan fingerprint density at radius 3 is 2.41 bits per heavy atom. The molecule has 1 fully saturated rings. The zero-order valence-corrected chi connectivity index (χ0v) is 12.9. The second-order valence-electron chi connectivity index (χ2n) is 5.02. The van der Waals surface area contributed by atoms with Gasteiger partial charge in [0.25, 0.3) is 0 Å². The Hall–Kier alpha value is -1.05. The van der Waals surface area contributed by atoms with Crippen molar-refractivity contribution in [2.24, 2.45) is 0 Å². The third-order valence-corrected chi connectivity index (χ3v) is 3.58. The molecule has 1 atom stereocenters. The topological polar surface area (TPSA) is 24.5 Å². The second kappa shape index (κ2) is 7.99. The van der Waals surface area contributed by atoms with E-state index < -0.39 is 24.5 Å². The van der Waals surface area contributed by atoms with E-state index in [9.17, 15) is 17.6 Å². The van der Waals surface area contributed by atoms with Gasteiger partial charge in [0, 0.05) is 32.2 Å². The number of benzene rings is 1. The lowest BCUT2D eigenvalue weighted by Crippen LogP contribution is -2.46. The van der Waals surface area contributed by atoms with E-state index in [0.29, 0.717) is 31.7 Å². The molecule has 1 aromatic carbocycles. The van der Waals surface area contributed by atoms with E-state index >= 15 is 0 Å².